The van der Waals surface area contributed by atoms with Crippen molar-refractivity contribution in [2.24, 2.45) is 0 Å². The van der Waals surface area contributed by atoms with Gasteiger partial charge >= 0.3 is 5.97 Å². The van der Waals surface area contributed by atoms with Gasteiger partial charge in [0.25, 0.3) is 0 Å². The maximum atomic E-state index is 13.1. The second kappa shape index (κ2) is 6.13. The number of aromatic carboxylic acids is 1. The molecule has 0 atom stereocenters. The number of ether oxygens (including phenoxy) is 3. The molecule has 0 heterocycles. The highest BCUT2D eigenvalue weighted by Gasteiger charge is 2.14. The van der Waals surface area contributed by atoms with Gasteiger partial charge in [-0.3, -0.25) is 0 Å². The Morgan fingerprint density at radius 1 is 1.00 bits per heavy atom. The smallest absolute Gasteiger partial charge is 0.339 e. The van der Waals surface area contributed by atoms with Crippen LogP contribution in [0, 0.1) is 5.82 Å². The Morgan fingerprint density at radius 3 is 2.10 bits per heavy atom. The van der Waals surface area contributed by atoms with Crippen LogP contribution in [-0.4, -0.2) is 25.3 Å². The van der Waals surface area contributed by atoms with E-state index in [1.165, 1.54) is 20.3 Å². The van der Waals surface area contributed by atoms with Crippen LogP contribution in [0.1, 0.15) is 10.4 Å². The topological polar surface area (TPSA) is 65.0 Å². The largest absolute Gasteiger partial charge is 0.496 e. The van der Waals surface area contributed by atoms with Crippen LogP contribution in [0.2, 0.25) is 0 Å². The molecule has 0 saturated heterocycles. The first-order valence-electron chi connectivity index (χ1n) is 5.97. The third-order valence-corrected chi connectivity index (χ3v) is 2.72. The number of methoxy groups -OCH3 is 2. The molecule has 2 rings (SSSR count). The van der Waals surface area contributed by atoms with Crippen LogP contribution >= 0.6 is 0 Å². The molecule has 0 aliphatic carbocycles. The van der Waals surface area contributed by atoms with E-state index in [1.54, 1.807) is 18.2 Å². The van der Waals surface area contributed by atoms with Gasteiger partial charge in [0, 0.05) is 18.2 Å². The third-order valence-electron chi connectivity index (χ3n) is 2.72. The van der Waals surface area contributed by atoms with Gasteiger partial charge in [0.1, 0.15) is 34.4 Å². The summed E-state index contributed by atoms with van der Waals surface area (Å²) >= 11 is 0. The minimum absolute atomic E-state index is 0.0270. The van der Waals surface area contributed by atoms with Crippen molar-refractivity contribution in [2.75, 3.05) is 14.2 Å². The van der Waals surface area contributed by atoms with Crippen molar-refractivity contribution >= 4 is 5.97 Å². The summed E-state index contributed by atoms with van der Waals surface area (Å²) in [7, 11) is 2.97. The fourth-order valence-electron chi connectivity index (χ4n) is 1.73. The number of carboxylic acid groups (broad SMARTS) is 1. The van der Waals surface area contributed by atoms with Crippen LogP contribution in [0.25, 0.3) is 0 Å². The van der Waals surface area contributed by atoms with Gasteiger partial charge in [-0.15, -0.1) is 0 Å². The molecular weight excluding hydrogens is 279 g/mol. The lowest BCUT2D eigenvalue weighted by atomic mass is 10.2. The van der Waals surface area contributed by atoms with Gasteiger partial charge in [-0.25, -0.2) is 9.18 Å². The summed E-state index contributed by atoms with van der Waals surface area (Å²) in [4.78, 5) is 11.1. The molecule has 0 aliphatic heterocycles. The summed E-state index contributed by atoms with van der Waals surface area (Å²) in [6, 6.07) is 8.06. The van der Waals surface area contributed by atoms with Crippen LogP contribution in [0.3, 0.4) is 0 Å². The third kappa shape index (κ3) is 3.42. The van der Waals surface area contributed by atoms with E-state index in [0.29, 0.717) is 17.2 Å². The molecule has 2 aromatic rings. The highest BCUT2D eigenvalue weighted by Crippen LogP contribution is 2.32. The fourth-order valence-corrected chi connectivity index (χ4v) is 1.73. The molecule has 110 valence electrons. The highest BCUT2D eigenvalue weighted by atomic mass is 19.1. The molecule has 0 aliphatic rings. The average Bonchev–Trinajstić information content (AvgIpc) is 2.48. The van der Waals surface area contributed by atoms with Crippen molar-refractivity contribution in [3.8, 4) is 23.0 Å². The lowest BCUT2D eigenvalue weighted by Gasteiger charge is -2.11. The number of hydrogen-bond donors (Lipinski definition) is 1. The highest BCUT2D eigenvalue weighted by molar-refractivity contribution is 5.91. The number of rotatable bonds is 5. The monoisotopic (exact) mass is 292 g/mol. The second-order valence-electron chi connectivity index (χ2n) is 4.10. The van der Waals surface area contributed by atoms with Crippen LogP contribution in [0.5, 0.6) is 23.0 Å². The summed E-state index contributed by atoms with van der Waals surface area (Å²) in [5, 5.41) is 9.07. The molecule has 5 nitrogen and oxygen atoms in total. The van der Waals surface area contributed by atoms with E-state index in [9.17, 15) is 9.18 Å². The van der Waals surface area contributed by atoms with Gasteiger partial charge in [0.05, 0.1) is 14.2 Å². The normalized spacial score (nSPS) is 10.0. The summed E-state index contributed by atoms with van der Waals surface area (Å²) in [5.74, 6) is -0.603. The lowest BCUT2D eigenvalue weighted by Crippen LogP contribution is -2.01. The van der Waals surface area contributed by atoms with Crippen LogP contribution in [-0.2, 0) is 0 Å². The maximum absolute atomic E-state index is 13.1. The molecule has 21 heavy (non-hydrogen) atoms. The number of halogens is 1. The minimum atomic E-state index is -1.28. The van der Waals surface area contributed by atoms with Crippen molar-refractivity contribution in [1.82, 2.24) is 0 Å². The summed E-state index contributed by atoms with van der Waals surface area (Å²) in [6.07, 6.45) is 0. The SMILES string of the molecule is COc1cc(OC)cc(Oc2ccc(F)cc2C(=O)O)c1. The first kappa shape index (κ1) is 14.6. The van der Waals surface area contributed by atoms with Crippen molar-refractivity contribution in [3.05, 3.63) is 47.8 Å². The van der Waals surface area contributed by atoms with Gasteiger partial charge in [-0.05, 0) is 18.2 Å². The number of carboxylic acids is 1. The zero-order chi connectivity index (χ0) is 15.4. The van der Waals surface area contributed by atoms with Gasteiger partial charge in [-0.2, -0.15) is 0 Å². The molecule has 0 amide bonds. The Bertz CT molecular complexity index is 647. The molecule has 1 N–H and O–H groups in total. The fraction of sp³-hybridized carbons (Fsp3) is 0.133. The predicted molar refractivity (Wildman–Crippen MR) is 73.0 cm³/mol. The average molecular weight is 292 g/mol. The molecule has 0 spiro atoms. The summed E-state index contributed by atoms with van der Waals surface area (Å²) in [6.45, 7) is 0. The van der Waals surface area contributed by atoms with E-state index in [-0.39, 0.29) is 11.3 Å². The van der Waals surface area contributed by atoms with Crippen LogP contribution in [0.15, 0.2) is 36.4 Å². The standard InChI is InChI=1S/C15H13FO5/c1-19-10-6-11(20-2)8-12(7-10)21-14-4-3-9(16)5-13(14)15(17)18/h3-8H,1-2H3,(H,17,18). The molecule has 0 fully saturated rings. The van der Waals surface area contributed by atoms with Crippen molar-refractivity contribution < 1.29 is 28.5 Å². The zero-order valence-electron chi connectivity index (χ0n) is 11.4. The Labute approximate surface area is 120 Å². The first-order chi connectivity index (χ1) is 10.0. The van der Waals surface area contributed by atoms with Gasteiger partial charge in [0.15, 0.2) is 0 Å². The van der Waals surface area contributed by atoms with Gasteiger partial charge < -0.3 is 19.3 Å². The molecule has 6 heteroatoms. The molecule has 0 radical (unpaired) electrons. The van der Waals surface area contributed by atoms with Crippen molar-refractivity contribution in [1.29, 1.82) is 0 Å². The van der Waals surface area contributed by atoms with E-state index in [4.69, 9.17) is 19.3 Å². The molecule has 0 aromatic heterocycles. The van der Waals surface area contributed by atoms with E-state index < -0.39 is 11.8 Å². The van der Waals surface area contributed by atoms with E-state index in [2.05, 4.69) is 0 Å². The van der Waals surface area contributed by atoms with Gasteiger partial charge in [0.2, 0.25) is 0 Å². The number of hydrogen-bond acceptors (Lipinski definition) is 4. The molecule has 0 bridgehead atoms. The quantitative estimate of drug-likeness (QED) is 0.915. The predicted octanol–water partition coefficient (Wildman–Crippen LogP) is 3.33. The molecular formula is C15H13FO5. The van der Waals surface area contributed by atoms with E-state index in [1.807, 2.05) is 0 Å². The first-order valence-corrected chi connectivity index (χ1v) is 5.97. The lowest BCUT2D eigenvalue weighted by molar-refractivity contribution is 0.0693. The Kier molecular flexibility index (Phi) is 4.27. The Balaban J connectivity index is 2.40. The Morgan fingerprint density at radius 2 is 1.57 bits per heavy atom. The molecule has 0 saturated carbocycles. The van der Waals surface area contributed by atoms with Gasteiger partial charge in [-0.1, -0.05) is 0 Å². The second-order valence-corrected chi connectivity index (χ2v) is 4.10. The zero-order valence-corrected chi connectivity index (χ0v) is 11.4. The number of benzene rings is 2. The summed E-state index contributed by atoms with van der Waals surface area (Å²) in [5.41, 5.74) is -0.267. The Hall–Kier alpha value is -2.76. The molecule has 0 unspecified atom stereocenters. The summed E-state index contributed by atoms with van der Waals surface area (Å²) < 4.78 is 28.8. The molecule has 2 aromatic carbocycles. The minimum Gasteiger partial charge on any atom is -0.496 e. The van der Waals surface area contributed by atoms with Crippen molar-refractivity contribution in [2.45, 2.75) is 0 Å². The van der Waals surface area contributed by atoms with E-state index >= 15 is 0 Å². The van der Waals surface area contributed by atoms with Crippen molar-refractivity contribution in [3.63, 3.8) is 0 Å². The van der Waals surface area contributed by atoms with Crippen LogP contribution < -0.4 is 14.2 Å². The van der Waals surface area contributed by atoms with Crippen LogP contribution in [0.4, 0.5) is 4.39 Å². The number of carbonyl (C=O) groups is 1. The maximum Gasteiger partial charge on any atom is 0.339 e. The van der Waals surface area contributed by atoms with E-state index in [0.717, 1.165) is 12.1 Å².